The van der Waals surface area contributed by atoms with Crippen LogP contribution in [0.2, 0.25) is 0 Å². The van der Waals surface area contributed by atoms with Gasteiger partial charge in [0.1, 0.15) is 5.75 Å². The molecule has 0 aromatic heterocycles. The van der Waals surface area contributed by atoms with Crippen molar-refractivity contribution in [1.29, 1.82) is 0 Å². The highest BCUT2D eigenvalue weighted by Gasteiger charge is 2.15. The number of rotatable bonds is 5. The number of aryl methyl sites for hydroxylation is 1. The van der Waals surface area contributed by atoms with E-state index in [1.165, 1.54) is 0 Å². The second kappa shape index (κ2) is 7.18. The minimum absolute atomic E-state index is 0.158. The van der Waals surface area contributed by atoms with Gasteiger partial charge in [0, 0.05) is 10.6 Å². The molecular formula is C17H19NO2S. The first-order valence-electron chi connectivity index (χ1n) is 6.77. The predicted molar refractivity (Wildman–Crippen MR) is 88.1 cm³/mol. The van der Waals surface area contributed by atoms with Gasteiger partial charge in [0.2, 0.25) is 0 Å². The average molecular weight is 301 g/mol. The Hall–Kier alpha value is -1.94. The summed E-state index contributed by atoms with van der Waals surface area (Å²) in [4.78, 5) is 13.3. The standard InChI is InChI=1S/C17H19NO2S/c1-12-6-4-8-15(10-12)20-13(2)17(19)18-14-7-5-9-16(11-14)21-3/h4-11,13H,1-3H3,(H,18,19)/t13-/m0/s1. The minimum Gasteiger partial charge on any atom is -0.481 e. The van der Waals surface area contributed by atoms with Crippen molar-refractivity contribution in [1.82, 2.24) is 0 Å². The molecule has 1 N–H and O–H groups in total. The molecule has 0 spiro atoms. The first-order chi connectivity index (χ1) is 10.1. The van der Waals surface area contributed by atoms with Crippen molar-refractivity contribution in [3.05, 3.63) is 54.1 Å². The van der Waals surface area contributed by atoms with E-state index in [4.69, 9.17) is 4.74 Å². The normalized spacial score (nSPS) is 11.8. The monoisotopic (exact) mass is 301 g/mol. The summed E-state index contributed by atoms with van der Waals surface area (Å²) in [5.74, 6) is 0.547. The van der Waals surface area contributed by atoms with Crippen molar-refractivity contribution in [2.45, 2.75) is 24.8 Å². The van der Waals surface area contributed by atoms with Gasteiger partial charge in [-0.3, -0.25) is 4.79 Å². The average Bonchev–Trinajstić information content (AvgIpc) is 2.47. The van der Waals surface area contributed by atoms with Gasteiger partial charge in [-0.2, -0.15) is 0 Å². The van der Waals surface area contributed by atoms with Crippen LogP contribution in [0.5, 0.6) is 5.75 Å². The molecule has 0 saturated carbocycles. The van der Waals surface area contributed by atoms with Crippen LogP contribution in [0.15, 0.2) is 53.4 Å². The van der Waals surface area contributed by atoms with E-state index in [-0.39, 0.29) is 5.91 Å². The molecule has 3 nitrogen and oxygen atoms in total. The topological polar surface area (TPSA) is 38.3 Å². The lowest BCUT2D eigenvalue weighted by Crippen LogP contribution is -2.30. The lowest BCUT2D eigenvalue weighted by Gasteiger charge is -2.15. The number of ether oxygens (including phenoxy) is 1. The van der Waals surface area contributed by atoms with E-state index in [1.54, 1.807) is 18.7 Å². The fraction of sp³-hybridized carbons (Fsp3) is 0.235. The number of hydrogen-bond acceptors (Lipinski definition) is 3. The van der Waals surface area contributed by atoms with Crippen molar-refractivity contribution in [3.8, 4) is 5.75 Å². The third kappa shape index (κ3) is 4.53. The Morgan fingerprint density at radius 3 is 2.67 bits per heavy atom. The van der Waals surface area contributed by atoms with Gasteiger partial charge in [-0.1, -0.05) is 18.2 Å². The smallest absolute Gasteiger partial charge is 0.265 e. The SMILES string of the molecule is CSc1cccc(NC(=O)[C@H](C)Oc2cccc(C)c2)c1. The highest BCUT2D eigenvalue weighted by atomic mass is 32.2. The fourth-order valence-electron chi connectivity index (χ4n) is 1.89. The molecule has 2 aromatic carbocycles. The second-order valence-electron chi connectivity index (χ2n) is 4.80. The lowest BCUT2D eigenvalue weighted by atomic mass is 10.2. The molecule has 0 fully saturated rings. The quantitative estimate of drug-likeness (QED) is 0.844. The predicted octanol–water partition coefficient (Wildman–Crippen LogP) is 4.12. The second-order valence-corrected chi connectivity index (χ2v) is 5.68. The summed E-state index contributed by atoms with van der Waals surface area (Å²) in [6, 6.07) is 15.4. The van der Waals surface area contributed by atoms with Gasteiger partial charge in [-0.25, -0.2) is 0 Å². The highest BCUT2D eigenvalue weighted by molar-refractivity contribution is 7.98. The van der Waals surface area contributed by atoms with Gasteiger partial charge in [-0.05, 0) is 56.0 Å². The molecule has 0 radical (unpaired) electrons. The molecule has 21 heavy (non-hydrogen) atoms. The molecule has 1 amide bonds. The van der Waals surface area contributed by atoms with Crippen molar-refractivity contribution < 1.29 is 9.53 Å². The summed E-state index contributed by atoms with van der Waals surface area (Å²) in [5, 5.41) is 2.87. The maximum absolute atomic E-state index is 12.2. The van der Waals surface area contributed by atoms with E-state index < -0.39 is 6.10 Å². The van der Waals surface area contributed by atoms with Crippen LogP contribution in [0.3, 0.4) is 0 Å². The Kier molecular flexibility index (Phi) is 5.28. The van der Waals surface area contributed by atoms with Crippen molar-refractivity contribution in [3.63, 3.8) is 0 Å². The van der Waals surface area contributed by atoms with Crippen LogP contribution in [-0.2, 0) is 4.79 Å². The molecule has 0 saturated heterocycles. The number of amides is 1. The van der Waals surface area contributed by atoms with Crippen molar-refractivity contribution >= 4 is 23.4 Å². The number of benzene rings is 2. The Morgan fingerprint density at radius 1 is 1.19 bits per heavy atom. The Bertz CT molecular complexity index is 628. The molecule has 1 atom stereocenters. The third-order valence-electron chi connectivity index (χ3n) is 3.01. The molecule has 0 heterocycles. The van der Waals surface area contributed by atoms with Crippen LogP contribution in [0, 0.1) is 6.92 Å². The van der Waals surface area contributed by atoms with Crippen LogP contribution in [0.4, 0.5) is 5.69 Å². The summed E-state index contributed by atoms with van der Waals surface area (Å²) in [5.41, 5.74) is 1.89. The zero-order chi connectivity index (χ0) is 15.2. The molecule has 0 unspecified atom stereocenters. The van der Waals surface area contributed by atoms with Crippen LogP contribution in [-0.4, -0.2) is 18.3 Å². The van der Waals surface area contributed by atoms with Crippen molar-refractivity contribution in [2.24, 2.45) is 0 Å². The summed E-state index contributed by atoms with van der Waals surface area (Å²) in [7, 11) is 0. The minimum atomic E-state index is -0.551. The van der Waals surface area contributed by atoms with Gasteiger partial charge in [0.05, 0.1) is 0 Å². The summed E-state index contributed by atoms with van der Waals surface area (Å²) < 4.78 is 5.67. The Labute approximate surface area is 129 Å². The third-order valence-corrected chi connectivity index (χ3v) is 3.73. The van der Waals surface area contributed by atoms with E-state index in [0.29, 0.717) is 5.75 Å². The molecular weight excluding hydrogens is 282 g/mol. The zero-order valence-electron chi connectivity index (χ0n) is 12.4. The zero-order valence-corrected chi connectivity index (χ0v) is 13.2. The maximum atomic E-state index is 12.2. The maximum Gasteiger partial charge on any atom is 0.265 e. The highest BCUT2D eigenvalue weighted by Crippen LogP contribution is 2.20. The van der Waals surface area contributed by atoms with Gasteiger partial charge in [0.25, 0.3) is 5.91 Å². The van der Waals surface area contributed by atoms with E-state index >= 15 is 0 Å². The molecule has 0 aliphatic carbocycles. The van der Waals surface area contributed by atoms with Crippen molar-refractivity contribution in [2.75, 3.05) is 11.6 Å². The van der Waals surface area contributed by atoms with Gasteiger partial charge >= 0.3 is 0 Å². The van der Waals surface area contributed by atoms with E-state index in [1.807, 2.05) is 61.7 Å². The van der Waals surface area contributed by atoms with Crippen LogP contribution in [0.1, 0.15) is 12.5 Å². The number of carbonyl (C=O) groups is 1. The summed E-state index contributed by atoms with van der Waals surface area (Å²) in [6.07, 6.45) is 1.45. The van der Waals surface area contributed by atoms with Crippen LogP contribution >= 0.6 is 11.8 Å². The Morgan fingerprint density at radius 2 is 1.95 bits per heavy atom. The number of hydrogen-bond donors (Lipinski definition) is 1. The summed E-state index contributed by atoms with van der Waals surface area (Å²) >= 11 is 1.64. The molecule has 110 valence electrons. The van der Waals surface area contributed by atoms with Crippen LogP contribution < -0.4 is 10.1 Å². The number of carbonyl (C=O) groups excluding carboxylic acids is 1. The molecule has 4 heteroatoms. The molecule has 0 aliphatic rings. The number of thioether (sulfide) groups is 1. The summed E-state index contributed by atoms with van der Waals surface area (Å²) in [6.45, 7) is 3.74. The lowest BCUT2D eigenvalue weighted by molar-refractivity contribution is -0.122. The number of anilines is 1. The van der Waals surface area contributed by atoms with E-state index in [2.05, 4.69) is 5.32 Å². The van der Waals surface area contributed by atoms with Gasteiger partial charge < -0.3 is 10.1 Å². The Balaban J connectivity index is 1.99. The molecule has 2 rings (SSSR count). The molecule has 2 aromatic rings. The molecule has 0 bridgehead atoms. The first kappa shape index (κ1) is 15.4. The van der Waals surface area contributed by atoms with Crippen LogP contribution in [0.25, 0.3) is 0 Å². The van der Waals surface area contributed by atoms with E-state index in [9.17, 15) is 4.79 Å². The van der Waals surface area contributed by atoms with E-state index in [0.717, 1.165) is 16.1 Å². The molecule has 0 aliphatic heterocycles. The number of nitrogens with one attached hydrogen (secondary N) is 1. The largest absolute Gasteiger partial charge is 0.481 e. The first-order valence-corrected chi connectivity index (χ1v) is 7.99. The van der Waals surface area contributed by atoms with Gasteiger partial charge in [-0.15, -0.1) is 11.8 Å². The fourth-order valence-corrected chi connectivity index (χ4v) is 2.35. The van der Waals surface area contributed by atoms with Gasteiger partial charge in [0.15, 0.2) is 6.10 Å².